The Labute approximate surface area is 156 Å². The van der Waals surface area contributed by atoms with Crippen LogP contribution in [0.15, 0.2) is 0 Å². The van der Waals surface area contributed by atoms with Gasteiger partial charge in [-0.25, -0.2) is 0 Å². The molecule has 3 fully saturated rings. The van der Waals surface area contributed by atoms with E-state index in [1.807, 2.05) is 4.90 Å². The van der Waals surface area contributed by atoms with E-state index in [4.69, 9.17) is 11.0 Å². The fraction of sp³-hybridized carbons (Fsp3) is 0.850. The molecule has 3 N–H and O–H groups in total. The maximum atomic E-state index is 13.4. The maximum absolute atomic E-state index is 13.4. The zero-order chi connectivity index (χ0) is 18.5. The van der Waals surface area contributed by atoms with E-state index in [-0.39, 0.29) is 23.8 Å². The molecule has 1 saturated heterocycles. The van der Waals surface area contributed by atoms with E-state index in [0.29, 0.717) is 12.5 Å². The molecule has 0 radical (unpaired) electrons. The molecule has 1 aliphatic heterocycles. The molecule has 144 valence electrons. The highest BCUT2D eigenvalue weighted by Gasteiger charge is 2.40. The van der Waals surface area contributed by atoms with Gasteiger partial charge in [0.05, 0.1) is 6.07 Å². The number of nitrogens with zero attached hydrogens (tertiary/aromatic N) is 2. The summed E-state index contributed by atoms with van der Waals surface area (Å²) in [7, 11) is 0. The van der Waals surface area contributed by atoms with Crippen LogP contribution in [0.5, 0.6) is 0 Å². The van der Waals surface area contributed by atoms with Gasteiger partial charge in [0, 0.05) is 25.0 Å². The van der Waals surface area contributed by atoms with Crippen molar-refractivity contribution in [2.45, 2.75) is 63.8 Å². The Balaban J connectivity index is 1.74. The quantitative estimate of drug-likeness (QED) is 0.706. The molecular formula is C20H32N4O2. The molecule has 6 heteroatoms. The summed E-state index contributed by atoms with van der Waals surface area (Å²) in [5.41, 5.74) is 5.71. The van der Waals surface area contributed by atoms with Crippen LogP contribution >= 0.6 is 0 Å². The van der Waals surface area contributed by atoms with E-state index < -0.39 is 11.8 Å². The summed E-state index contributed by atoms with van der Waals surface area (Å²) >= 11 is 0. The van der Waals surface area contributed by atoms with Crippen molar-refractivity contribution in [3.63, 3.8) is 0 Å². The lowest BCUT2D eigenvalue weighted by molar-refractivity contribution is -0.146. The Kier molecular flexibility index (Phi) is 6.53. The third-order valence-corrected chi connectivity index (χ3v) is 6.63. The number of carbonyl (C=O) groups excluding carboxylic acids is 2. The van der Waals surface area contributed by atoms with Gasteiger partial charge in [-0.2, -0.15) is 5.26 Å². The molecule has 0 bridgehead atoms. The Morgan fingerprint density at radius 1 is 1.15 bits per heavy atom. The molecule has 2 amide bonds. The minimum absolute atomic E-state index is 0.0569. The Hall–Kier alpha value is -1.61. The molecule has 0 aromatic carbocycles. The van der Waals surface area contributed by atoms with Gasteiger partial charge in [-0.3, -0.25) is 9.59 Å². The number of amides is 2. The summed E-state index contributed by atoms with van der Waals surface area (Å²) < 4.78 is 0. The standard InChI is InChI=1S/C20H32N4O2/c21-11-14-6-7-15(10-14)13-24(17-8-9-23-12-17)20(26)18(19(22)25)16-4-2-1-3-5-16/h14-18,23H,1-10,12-13H2,(H2,22,25). The molecule has 1 heterocycles. The fourth-order valence-corrected chi connectivity index (χ4v) is 5.16. The van der Waals surface area contributed by atoms with Crippen molar-refractivity contribution in [1.29, 1.82) is 5.26 Å². The molecule has 3 rings (SSSR count). The van der Waals surface area contributed by atoms with Crippen molar-refractivity contribution in [3.8, 4) is 6.07 Å². The van der Waals surface area contributed by atoms with E-state index >= 15 is 0 Å². The van der Waals surface area contributed by atoms with Crippen LogP contribution in [0, 0.1) is 35.0 Å². The monoisotopic (exact) mass is 360 g/mol. The zero-order valence-electron chi connectivity index (χ0n) is 15.7. The van der Waals surface area contributed by atoms with E-state index in [1.54, 1.807) is 0 Å². The predicted molar refractivity (Wildman–Crippen MR) is 98.7 cm³/mol. The van der Waals surface area contributed by atoms with Crippen LogP contribution < -0.4 is 11.1 Å². The van der Waals surface area contributed by atoms with Crippen molar-refractivity contribution >= 4 is 11.8 Å². The van der Waals surface area contributed by atoms with Gasteiger partial charge in [0.15, 0.2) is 0 Å². The second kappa shape index (κ2) is 8.85. The number of carbonyl (C=O) groups is 2. The summed E-state index contributed by atoms with van der Waals surface area (Å²) in [6, 6.07) is 2.52. The van der Waals surface area contributed by atoms with E-state index in [2.05, 4.69) is 11.4 Å². The van der Waals surface area contributed by atoms with Crippen LogP contribution in [-0.2, 0) is 9.59 Å². The summed E-state index contributed by atoms with van der Waals surface area (Å²) in [5, 5.41) is 12.5. The molecule has 0 spiro atoms. The Morgan fingerprint density at radius 2 is 1.92 bits per heavy atom. The van der Waals surface area contributed by atoms with Crippen molar-refractivity contribution in [1.82, 2.24) is 10.2 Å². The van der Waals surface area contributed by atoms with Crippen molar-refractivity contribution in [2.75, 3.05) is 19.6 Å². The zero-order valence-corrected chi connectivity index (χ0v) is 15.7. The highest BCUT2D eigenvalue weighted by atomic mass is 16.2. The normalized spacial score (nSPS) is 30.7. The number of nitriles is 1. The fourth-order valence-electron chi connectivity index (χ4n) is 5.16. The number of hydrogen-bond acceptors (Lipinski definition) is 4. The van der Waals surface area contributed by atoms with Gasteiger partial charge in [0.25, 0.3) is 0 Å². The minimum atomic E-state index is -0.677. The van der Waals surface area contributed by atoms with E-state index in [1.165, 1.54) is 6.42 Å². The topological polar surface area (TPSA) is 99.2 Å². The van der Waals surface area contributed by atoms with Gasteiger partial charge >= 0.3 is 0 Å². The number of primary amides is 1. The SMILES string of the molecule is N#CC1CCC(CN(C(=O)C(C(N)=O)C2CCCCC2)C2CCNC2)C1. The molecule has 6 nitrogen and oxygen atoms in total. The van der Waals surface area contributed by atoms with Crippen LogP contribution in [0.2, 0.25) is 0 Å². The van der Waals surface area contributed by atoms with Crippen LogP contribution in [0.25, 0.3) is 0 Å². The lowest BCUT2D eigenvalue weighted by atomic mass is 9.78. The average Bonchev–Trinajstić information content (AvgIpc) is 3.32. The van der Waals surface area contributed by atoms with E-state index in [9.17, 15) is 9.59 Å². The van der Waals surface area contributed by atoms with Crippen molar-refractivity contribution in [3.05, 3.63) is 0 Å². The molecule has 3 aliphatic rings. The van der Waals surface area contributed by atoms with Crippen LogP contribution in [0.3, 0.4) is 0 Å². The van der Waals surface area contributed by atoms with Gasteiger partial charge in [-0.1, -0.05) is 19.3 Å². The highest BCUT2D eigenvalue weighted by molar-refractivity contribution is 6.00. The average molecular weight is 361 g/mol. The lowest BCUT2D eigenvalue weighted by Crippen LogP contribution is -2.51. The Morgan fingerprint density at radius 3 is 2.50 bits per heavy atom. The molecular weight excluding hydrogens is 328 g/mol. The number of rotatable bonds is 6. The smallest absolute Gasteiger partial charge is 0.235 e. The molecule has 4 atom stereocenters. The summed E-state index contributed by atoms with van der Waals surface area (Å²) in [6.45, 7) is 2.36. The van der Waals surface area contributed by atoms with Crippen LogP contribution in [-0.4, -0.2) is 42.4 Å². The van der Waals surface area contributed by atoms with Crippen LogP contribution in [0.1, 0.15) is 57.8 Å². The first-order valence-electron chi connectivity index (χ1n) is 10.3. The first-order chi connectivity index (χ1) is 12.6. The molecule has 0 aromatic rings. The Bertz CT molecular complexity index is 547. The first kappa shape index (κ1) is 19.2. The second-order valence-electron chi connectivity index (χ2n) is 8.42. The third kappa shape index (κ3) is 4.37. The third-order valence-electron chi connectivity index (χ3n) is 6.63. The first-order valence-corrected chi connectivity index (χ1v) is 10.3. The highest BCUT2D eigenvalue weighted by Crippen LogP contribution is 2.35. The maximum Gasteiger partial charge on any atom is 0.235 e. The molecule has 0 aromatic heterocycles. The molecule has 2 aliphatic carbocycles. The minimum Gasteiger partial charge on any atom is -0.369 e. The van der Waals surface area contributed by atoms with Gasteiger partial charge in [-0.15, -0.1) is 0 Å². The second-order valence-corrected chi connectivity index (χ2v) is 8.42. The van der Waals surface area contributed by atoms with Crippen LogP contribution in [0.4, 0.5) is 0 Å². The van der Waals surface area contributed by atoms with Crippen molar-refractivity contribution < 1.29 is 9.59 Å². The number of nitrogens with two attached hydrogens (primary N) is 1. The van der Waals surface area contributed by atoms with Gasteiger partial charge in [-0.05, 0) is 56.9 Å². The summed E-state index contributed by atoms with van der Waals surface area (Å²) in [5.74, 6) is -0.615. The van der Waals surface area contributed by atoms with Gasteiger partial charge < -0.3 is 16.0 Å². The van der Waals surface area contributed by atoms with Crippen molar-refractivity contribution in [2.24, 2.45) is 29.4 Å². The predicted octanol–water partition coefficient (Wildman–Crippen LogP) is 1.80. The lowest BCUT2D eigenvalue weighted by Gasteiger charge is -2.36. The van der Waals surface area contributed by atoms with Gasteiger partial charge in [0.1, 0.15) is 5.92 Å². The van der Waals surface area contributed by atoms with Gasteiger partial charge in [0.2, 0.25) is 11.8 Å². The molecule has 4 unspecified atom stereocenters. The number of nitrogens with one attached hydrogen (secondary N) is 1. The molecule has 26 heavy (non-hydrogen) atoms. The molecule has 2 saturated carbocycles. The summed E-state index contributed by atoms with van der Waals surface area (Å²) in [6.07, 6.45) is 8.91. The van der Waals surface area contributed by atoms with E-state index in [0.717, 1.165) is 64.5 Å². The number of hydrogen-bond donors (Lipinski definition) is 2. The summed E-state index contributed by atoms with van der Waals surface area (Å²) in [4.78, 5) is 27.6. The largest absolute Gasteiger partial charge is 0.369 e.